The topological polar surface area (TPSA) is 44.5 Å². The van der Waals surface area contributed by atoms with Crippen LogP contribution in [0.2, 0.25) is 5.02 Å². The maximum atomic E-state index is 6.36. The first-order chi connectivity index (χ1) is 9.97. The van der Waals surface area contributed by atoms with Crippen LogP contribution in [0.5, 0.6) is 11.5 Å². The summed E-state index contributed by atoms with van der Waals surface area (Å²) >= 11 is 13.3. The number of rotatable bonds is 4. The molecule has 2 N–H and O–H groups in total. The van der Waals surface area contributed by atoms with Crippen LogP contribution in [0.1, 0.15) is 17.2 Å². The number of methoxy groups -OCH3 is 2. The van der Waals surface area contributed by atoms with E-state index in [4.69, 9.17) is 26.8 Å². The standard InChI is InChI=1S/C15H14Br2ClNO2/c1-20-13-6-10(12(18)7-14(13)21-2)15(19)9-4-3-8(16)5-11(9)17/h3-7,15H,19H2,1-2H3. The summed E-state index contributed by atoms with van der Waals surface area (Å²) in [6, 6.07) is 8.98. The number of hydrogen-bond donors (Lipinski definition) is 1. The summed E-state index contributed by atoms with van der Waals surface area (Å²) in [5.41, 5.74) is 8.07. The van der Waals surface area contributed by atoms with Crippen molar-refractivity contribution in [1.82, 2.24) is 0 Å². The van der Waals surface area contributed by atoms with Crippen molar-refractivity contribution in [3.63, 3.8) is 0 Å². The summed E-state index contributed by atoms with van der Waals surface area (Å²) in [6.45, 7) is 0. The molecule has 0 aliphatic carbocycles. The van der Waals surface area contributed by atoms with Gasteiger partial charge < -0.3 is 15.2 Å². The molecule has 2 aromatic rings. The molecule has 0 radical (unpaired) electrons. The van der Waals surface area contributed by atoms with Crippen molar-refractivity contribution in [2.24, 2.45) is 5.73 Å². The minimum absolute atomic E-state index is 0.375. The highest BCUT2D eigenvalue weighted by atomic mass is 79.9. The lowest BCUT2D eigenvalue weighted by atomic mass is 9.99. The molecule has 0 saturated heterocycles. The van der Waals surface area contributed by atoms with E-state index in [-0.39, 0.29) is 6.04 Å². The molecule has 0 bridgehead atoms. The second-order valence-electron chi connectivity index (χ2n) is 4.37. The van der Waals surface area contributed by atoms with Gasteiger partial charge in [-0.3, -0.25) is 0 Å². The highest BCUT2D eigenvalue weighted by Gasteiger charge is 2.18. The van der Waals surface area contributed by atoms with Gasteiger partial charge in [0.15, 0.2) is 11.5 Å². The van der Waals surface area contributed by atoms with Crippen LogP contribution in [0.3, 0.4) is 0 Å². The van der Waals surface area contributed by atoms with Crippen LogP contribution < -0.4 is 15.2 Å². The monoisotopic (exact) mass is 433 g/mol. The van der Waals surface area contributed by atoms with Gasteiger partial charge >= 0.3 is 0 Å². The van der Waals surface area contributed by atoms with E-state index in [9.17, 15) is 0 Å². The second kappa shape index (κ2) is 7.01. The van der Waals surface area contributed by atoms with Gasteiger partial charge in [0.05, 0.1) is 20.3 Å². The van der Waals surface area contributed by atoms with Gasteiger partial charge in [-0.25, -0.2) is 0 Å². The van der Waals surface area contributed by atoms with Crippen LogP contribution in [0.4, 0.5) is 0 Å². The fraction of sp³-hybridized carbons (Fsp3) is 0.200. The molecule has 0 saturated carbocycles. The van der Waals surface area contributed by atoms with Crippen molar-refractivity contribution < 1.29 is 9.47 Å². The van der Waals surface area contributed by atoms with E-state index in [1.807, 2.05) is 18.2 Å². The van der Waals surface area contributed by atoms with Crippen molar-refractivity contribution >= 4 is 43.5 Å². The van der Waals surface area contributed by atoms with Crippen molar-refractivity contribution in [2.45, 2.75) is 6.04 Å². The molecule has 0 heterocycles. The Morgan fingerprint density at radius 3 is 2.19 bits per heavy atom. The van der Waals surface area contributed by atoms with Gasteiger partial charge in [-0.15, -0.1) is 0 Å². The van der Waals surface area contributed by atoms with Crippen LogP contribution in [0.15, 0.2) is 39.3 Å². The Morgan fingerprint density at radius 2 is 1.62 bits per heavy atom. The lowest BCUT2D eigenvalue weighted by Crippen LogP contribution is -2.13. The number of benzene rings is 2. The van der Waals surface area contributed by atoms with E-state index < -0.39 is 0 Å². The van der Waals surface area contributed by atoms with E-state index in [1.165, 1.54) is 0 Å². The fourth-order valence-corrected chi connectivity index (χ4v) is 3.59. The van der Waals surface area contributed by atoms with Crippen molar-refractivity contribution in [2.75, 3.05) is 14.2 Å². The molecule has 1 unspecified atom stereocenters. The Balaban J connectivity index is 2.50. The largest absolute Gasteiger partial charge is 0.493 e. The van der Waals surface area contributed by atoms with Gasteiger partial charge in [-0.1, -0.05) is 49.5 Å². The first-order valence-corrected chi connectivity index (χ1v) is 8.06. The maximum Gasteiger partial charge on any atom is 0.162 e. The molecule has 0 spiro atoms. The van der Waals surface area contributed by atoms with Crippen molar-refractivity contribution in [3.8, 4) is 11.5 Å². The first kappa shape index (κ1) is 16.6. The van der Waals surface area contributed by atoms with E-state index in [2.05, 4.69) is 31.9 Å². The van der Waals surface area contributed by atoms with Gasteiger partial charge in [0, 0.05) is 20.0 Å². The zero-order valence-corrected chi connectivity index (χ0v) is 15.4. The van der Waals surface area contributed by atoms with Crippen molar-refractivity contribution in [3.05, 3.63) is 55.4 Å². The zero-order chi connectivity index (χ0) is 15.6. The highest BCUT2D eigenvalue weighted by molar-refractivity contribution is 9.11. The summed E-state index contributed by atoms with van der Waals surface area (Å²) in [5, 5.41) is 0.537. The second-order valence-corrected chi connectivity index (χ2v) is 6.55. The minimum Gasteiger partial charge on any atom is -0.493 e. The molecule has 0 aliphatic heterocycles. The molecule has 6 heteroatoms. The van der Waals surface area contributed by atoms with E-state index in [1.54, 1.807) is 26.4 Å². The molecule has 0 aromatic heterocycles. The number of ether oxygens (including phenoxy) is 2. The Kier molecular flexibility index (Phi) is 5.54. The van der Waals surface area contributed by atoms with Gasteiger partial charge in [-0.05, 0) is 29.3 Å². The molecule has 21 heavy (non-hydrogen) atoms. The van der Waals surface area contributed by atoms with Gasteiger partial charge in [-0.2, -0.15) is 0 Å². The molecule has 112 valence electrons. The smallest absolute Gasteiger partial charge is 0.162 e. The zero-order valence-electron chi connectivity index (χ0n) is 11.5. The van der Waals surface area contributed by atoms with Crippen molar-refractivity contribution in [1.29, 1.82) is 0 Å². The van der Waals surface area contributed by atoms with Crippen LogP contribution in [-0.4, -0.2) is 14.2 Å². The summed E-state index contributed by atoms with van der Waals surface area (Å²) in [5.74, 6) is 1.17. The Labute approximate surface area is 145 Å². The van der Waals surface area contributed by atoms with Crippen LogP contribution in [0.25, 0.3) is 0 Å². The van der Waals surface area contributed by atoms with E-state index in [0.717, 1.165) is 20.1 Å². The molecule has 2 rings (SSSR count). The summed E-state index contributed by atoms with van der Waals surface area (Å²) in [6.07, 6.45) is 0. The first-order valence-electron chi connectivity index (χ1n) is 6.10. The van der Waals surface area contributed by atoms with Crippen LogP contribution in [0, 0.1) is 0 Å². The maximum absolute atomic E-state index is 6.36. The lowest BCUT2D eigenvalue weighted by Gasteiger charge is -2.18. The average molecular weight is 436 g/mol. The van der Waals surface area contributed by atoms with Gasteiger partial charge in [0.2, 0.25) is 0 Å². The Bertz CT molecular complexity index is 664. The molecular weight excluding hydrogens is 421 g/mol. The summed E-state index contributed by atoms with van der Waals surface area (Å²) in [7, 11) is 3.15. The fourth-order valence-electron chi connectivity index (χ4n) is 2.03. The third kappa shape index (κ3) is 3.54. The molecule has 1 atom stereocenters. The molecule has 0 amide bonds. The number of hydrogen-bond acceptors (Lipinski definition) is 3. The lowest BCUT2D eigenvalue weighted by molar-refractivity contribution is 0.354. The quantitative estimate of drug-likeness (QED) is 0.741. The highest BCUT2D eigenvalue weighted by Crippen LogP contribution is 2.38. The molecule has 3 nitrogen and oxygen atoms in total. The Hall–Kier alpha value is -0.750. The number of nitrogens with two attached hydrogens (primary N) is 1. The Morgan fingerprint density at radius 1 is 1.00 bits per heavy atom. The predicted octanol–water partition coefficient (Wildman–Crippen LogP) is 4.93. The van der Waals surface area contributed by atoms with Crippen LogP contribution >= 0.6 is 43.5 Å². The summed E-state index contributed by atoms with van der Waals surface area (Å²) in [4.78, 5) is 0. The third-order valence-electron chi connectivity index (χ3n) is 3.14. The van der Waals surface area contributed by atoms with E-state index in [0.29, 0.717) is 16.5 Å². The molecule has 0 aliphatic rings. The van der Waals surface area contributed by atoms with E-state index >= 15 is 0 Å². The van der Waals surface area contributed by atoms with Gasteiger partial charge in [0.25, 0.3) is 0 Å². The van der Waals surface area contributed by atoms with Crippen LogP contribution in [-0.2, 0) is 0 Å². The normalized spacial score (nSPS) is 12.1. The molecular formula is C15H14Br2ClNO2. The SMILES string of the molecule is COc1cc(Cl)c(C(N)c2ccc(Br)cc2Br)cc1OC. The predicted molar refractivity (Wildman–Crippen MR) is 92.4 cm³/mol. The van der Waals surface area contributed by atoms with Gasteiger partial charge in [0.1, 0.15) is 0 Å². The molecule has 0 fully saturated rings. The minimum atomic E-state index is -0.375. The number of halogens is 3. The molecule has 2 aromatic carbocycles. The summed E-state index contributed by atoms with van der Waals surface area (Å²) < 4.78 is 12.4. The average Bonchev–Trinajstić information content (AvgIpc) is 2.46. The third-order valence-corrected chi connectivity index (χ3v) is 4.64.